The highest BCUT2D eigenvalue weighted by molar-refractivity contribution is 5.80. The van der Waals surface area contributed by atoms with E-state index >= 15 is 0 Å². The van der Waals surface area contributed by atoms with Crippen molar-refractivity contribution in [2.45, 2.75) is 33.5 Å². The highest BCUT2D eigenvalue weighted by atomic mass is 16.6. The smallest absolute Gasteiger partial charge is 0.329 e. The lowest BCUT2D eigenvalue weighted by Gasteiger charge is -2.03. The van der Waals surface area contributed by atoms with Gasteiger partial charge in [0.25, 0.3) is 5.69 Å². The molecule has 0 radical (unpaired) electrons. The van der Waals surface area contributed by atoms with Crippen LogP contribution in [0.15, 0.2) is 16.9 Å². The Balaban J connectivity index is 2.92. The summed E-state index contributed by atoms with van der Waals surface area (Å²) in [6, 6.07) is 2.88. The molecule has 0 aliphatic carbocycles. The summed E-state index contributed by atoms with van der Waals surface area (Å²) in [7, 11) is 0. The monoisotopic (exact) mass is 265 g/mol. The van der Waals surface area contributed by atoms with Crippen LogP contribution in [0.2, 0.25) is 0 Å². The fourth-order valence-corrected chi connectivity index (χ4v) is 2.30. The number of nitro benzene ring substituents is 1. The number of imidazole rings is 1. The summed E-state index contributed by atoms with van der Waals surface area (Å²) in [4.78, 5) is 22.6. The van der Waals surface area contributed by atoms with Crippen LogP contribution >= 0.6 is 0 Å². The van der Waals surface area contributed by atoms with E-state index in [1.165, 1.54) is 16.7 Å². The SMILES string of the molecule is CCn1c(=O)n(CC)c2cc([N+](=O)[O-])c(CO)cc21. The highest BCUT2D eigenvalue weighted by Gasteiger charge is 2.19. The number of hydrogen-bond acceptors (Lipinski definition) is 4. The van der Waals surface area contributed by atoms with Crippen molar-refractivity contribution in [3.05, 3.63) is 38.3 Å². The predicted octanol–water partition coefficient (Wildman–Crippen LogP) is 1.24. The summed E-state index contributed by atoms with van der Waals surface area (Å²) in [6.07, 6.45) is 0. The molecular weight excluding hydrogens is 250 g/mol. The lowest BCUT2D eigenvalue weighted by molar-refractivity contribution is -0.385. The number of nitrogens with zero attached hydrogens (tertiary/aromatic N) is 3. The Bertz CT molecular complexity index is 699. The van der Waals surface area contributed by atoms with Crippen LogP contribution in [0.5, 0.6) is 0 Å². The minimum Gasteiger partial charge on any atom is -0.391 e. The molecule has 0 saturated carbocycles. The van der Waals surface area contributed by atoms with Crippen molar-refractivity contribution in [1.29, 1.82) is 0 Å². The van der Waals surface area contributed by atoms with Crippen molar-refractivity contribution >= 4 is 16.7 Å². The van der Waals surface area contributed by atoms with Gasteiger partial charge in [-0.15, -0.1) is 0 Å². The van der Waals surface area contributed by atoms with Gasteiger partial charge in [0.2, 0.25) is 0 Å². The second-order valence-corrected chi connectivity index (χ2v) is 4.16. The van der Waals surface area contributed by atoms with E-state index in [4.69, 9.17) is 0 Å². The summed E-state index contributed by atoms with van der Waals surface area (Å²) in [5.74, 6) is 0. The van der Waals surface area contributed by atoms with Crippen LogP contribution in [0.3, 0.4) is 0 Å². The zero-order chi connectivity index (χ0) is 14.2. The van der Waals surface area contributed by atoms with Gasteiger partial charge in [-0.2, -0.15) is 0 Å². The normalized spacial score (nSPS) is 11.1. The number of aliphatic hydroxyl groups excluding tert-OH is 1. The van der Waals surface area contributed by atoms with E-state index in [-0.39, 0.29) is 16.9 Å². The fourth-order valence-electron chi connectivity index (χ4n) is 2.30. The average molecular weight is 265 g/mol. The topological polar surface area (TPSA) is 90.3 Å². The molecule has 0 spiro atoms. The van der Waals surface area contributed by atoms with E-state index in [0.717, 1.165) is 0 Å². The second-order valence-electron chi connectivity index (χ2n) is 4.16. The lowest BCUT2D eigenvalue weighted by atomic mass is 10.1. The molecule has 19 heavy (non-hydrogen) atoms. The third-order valence-corrected chi connectivity index (χ3v) is 3.22. The largest absolute Gasteiger partial charge is 0.391 e. The molecule has 102 valence electrons. The molecular formula is C12H15N3O4. The molecule has 7 nitrogen and oxygen atoms in total. The molecule has 0 bridgehead atoms. The minimum absolute atomic E-state index is 0.162. The van der Waals surface area contributed by atoms with Gasteiger partial charge in [0.05, 0.1) is 28.1 Å². The average Bonchev–Trinajstić information content (AvgIpc) is 2.67. The number of rotatable bonds is 4. The molecule has 0 atom stereocenters. The van der Waals surface area contributed by atoms with Crippen molar-refractivity contribution in [3.8, 4) is 0 Å². The van der Waals surface area contributed by atoms with E-state index in [2.05, 4.69) is 0 Å². The van der Waals surface area contributed by atoms with Gasteiger partial charge < -0.3 is 5.11 Å². The molecule has 7 heteroatoms. The highest BCUT2D eigenvalue weighted by Crippen LogP contribution is 2.25. The molecule has 2 aromatic rings. The van der Waals surface area contributed by atoms with Gasteiger partial charge in [0, 0.05) is 19.2 Å². The van der Waals surface area contributed by atoms with Crippen LogP contribution in [0.1, 0.15) is 19.4 Å². The Morgan fingerprint density at radius 3 is 2.16 bits per heavy atom. The van der Waals surface area contributed by atoms with E-state index in [1.54, 1.807) is 4.57 Å². The van der Waals surface area contributed by atoms with Gasteiger partial charge in [0.1, 0.15) is 0 Å². The molecule has 1 aromatic heterocycles. The molecule has 0 amide bonds. The summed E-state index contributed by atoms with van der Waals surface area (Å²) >= 11 is 0. The molecule has 0 saturated heterocycles. The summed E-state index contributed by atoms with van der Waals surface area (Å²) in [6.45, 7) is 4.14. The van der Waals surface area contributed by atoms with E-state index in [9.17, 15) is 20.0 Å². The summed E-state index contributed by atoms with van der Waals surface area (Å²) in [5, 5.41) is 20.2. The Morgan fingerprint density at radius 1 is 1.21 bits per heavy atom. The standard InChI is InChI=1S/C12H15N3O4/c1-3-13-10-5-8(7-16)9(15(18)19)6-11(10)14(4-2)12(13)17/h5-6,16H,3-4,7H2,1-2H3. The number of aryl methyl sites for hydroxylation is 2. The number of fused-ring (bicyclic) bond motifs is 1. The second kappa shape index (κ2) is 4.85. The molecule has 2 rings (SSSR count). The molecule has 0 aliphatic heterocycles. The van der Waals surface area contributed by atoms with Gasteiger partial charge in [-0.25, -0.2) is 4.79 Å². The number of aliphatic hydroxyl groups is 1. The van der Waals surface area contributed by atoms with Crippen LogP contribution in [0, 0.1) is 10.1 Å². The Kier molecular flexibility index (Phi) is 3.39. The van der Waals surface area contributed by atoms with Gasteiger partial charge in [-0.3, -0.25) is 19.2 Å². The molecule has 1 aromatic carbocycles. The van der Waals surface area contributed by atoms with Crippen LogP contribution < -0.4 is 5.69 Å². The zero-order valence-corrected chi connectivity index (χ0v) is 10.8. The number of hydrogen-bond donors (Lipinski definition) is 1. The number of benzene rings is 1. The molecule has 1 N–H and O–H groups in total. The Labute approximate surface area is 108 Å². The van der Waals surface area contributed by atoms with Crippen LogP contribution in [0.4, 0.5) is 5.69 Å². The first-order chi connectivity index (χ1) is 9.04. The quantitative estimate of drug-likeness (QED) is 0.665. The van der Waals surface area contributed by atoms with Gasteiger partial charge in [-0.1, -0.05) is 0 Å². The zero-order valence-electron chi connectivity index (χ0n) is 10.8. The maximum atomic E-state index is 12.1. The molecule has 0 fully saturated rings. The summed E-state index contributed by atoms with van der Waals surface area (Å²) in [5.41, 5.74) is 1.00. The fraction of sp³-hybridized carbons (Fsp3) is 0.417. The van der Waals surface area contributed by atoms with Gasteiger partial charge >= 0.3 is 5.69 Å². The van der Waals surface area contributed by atoms with Gasteiger partial charge in [-0.05, 0) is 19.9 Å². The first-order valence-electron chi connectivity index (χ1n) is 6.06. The number of aromatic nitrogens is 2. The summed E-state index contributed by atoms with van der Waals surface area (Å²) < 4.78 is 3.04. The number of nitro groups is 1. The third kappa shape index (κ3) is 1.91. The Morgan fingerprint density at radius 2 is 1.74 bits per heavy atom. The minimum atomic E-state index is -0.543. The first-order valence-corrected chi connectivity index (χ1v) is 6.06. The maximum Gasteiger partial charge on any atom is 0.329 e. The van der Waals surface area contributed by atoms with Crippen molar-refractivity contribution in [3.63, 3.8) is 0 Å². The third-order valence-electron chi connectivity index (χ3n) is 3.22. The van der Waals surface area contributed by atoms with E-state index in [0.29, 0.717) is 24.1 Å². The maximum absolute atomic E-state index is 12.1. The van der Waals surface area contributed by atoms with Crippen LogP contribution in [-0.4, -0.2) is 19.2 Å². The van der Waals surface area contributed by atoms with E-state index < -0.39 is 11.5 Å². The van der Waals surface area contributed by atoms with Gasteiger partial charge in [0.15, 0.2) is 0 Å². The van der Waals surface area contributed by atoms with E-state index in [1.807, 2.05) is 13.8 Å². The molecule has 0 aliphatic rings. The molecule has 1 heterocycles. The van der Waals surface area contributed by atoms with Crippen molar-refractivity contribution in [2.24, 2.45) is 0 Å². The Hall–Kier alpha value is -2.15. The first kappa shape index (κ1) is 13.3. The van der Waals surface area contributed by atoms with Crippen molar-refractivity contribution in [1.82, 2.24) is 9.13 Å². The van der Waals surface area contributed by atoms with Crippen molar-refractivity contribution in [2.75, 3.05) is 0 Å². The lowest BCUT2D eigenvalue weighted by Crippen LogP contribution is -2.23. The van der Waals surface area contributed by atoms with Crippen LogP contribution in [0.25, 0.3) is 11.0 Å². The predicted molar refractivity (Wildman–Crippen MR) is 70.1 cm³/mol. The van der Waals surface area contributed by atoms with Crippen molar-refractivity contribution < 1.29 is 10.0 Å². The molecule has 0 unspecified atom stereocenters. The van der Waals surface area contributed by atoms with Crippen LogP contribution in [-0.2, 0) is 19.7 Å².